The average Bonchev–Trinajstić information content (AvgIpc) is 3.22. The van der Waals surface area contributed by atoms with Gasteiger partial charge < -0.3 is 10.3 Å². The molecule has 2 N–H and O–H groups in total. The second-order valence-corrected chi connectivity index (χ2v) is 9.02. The van der Waals surface area contributed by atoms with Crippen LogP contribution in [0.3, 0.4) is 0 Å². The van der Waals surface area contributed by atoms with E-state index in [2.05, 4.69) is 50.4 Å². The lowest BCUT2D eigenvalue weighted by atomic mass is 9.69. The van der Waals surface area contributed by atoms with Gasteiger partial charge >= 0.3 is 0 Å². The van der Waals surface area contributed by atoms with Crippen LogP contribution in [0.25, 0.3) is 23.2 Å². The molecule has 0 amide bonds. The number of rotatable bonds is 3. The van der Waals surface area contributed by atoms with Crippen molar-refractivity contribution >= 4 is 6.08 Å². The van der Waals surface area contributed by atoms with E-state index in [1.54, 1.807) is 35.7 Å². The van der Waals surface area contributed by atoms with Gasteiger partial charge in [0.05, 0.1) is 11.8 Å². The molecule has 2 atom stereocenters. The highest BCUT2D eigenvalue weighted by Gasteiger charge is 2.43. The molecule has 0 aliphatic carbocycles. The Bertz CT molecular complexity index is 1130. The van der Waals surface area contributed by atoms with E-state index in [9.17, 15) is 4.79 Å². The topological polar surface area (TPSA) is 101 Å². The minimum absolute atomic E-state index is 0.147. The van der Waals surface area contributed by atoms with Crippen molar-refractivity contribution in [3.05, 3.63) is 58.8 Å². The van der Waals surface area contributed by atoms with Gasteiger partial charge in [0.15, 0.2) is 11.3 Å². The van der Waals surface area contributed by atoms with E-state index in [1.165, 1.54) is 30.9 Å². The molecule has 0 unspecified atom stereocenters. The number of nitrogens with one attached hydrogen (secondary N) is 2. The fraction of sp³-hybridized carbons (Fsp3) is 0.409. The number of pyridine rings is 1. The van der Waals surface area contributed by atoms with Crippen molar-refractivity contribution < 1.29 is 0 Å². The summed E-state index contributed by atoms with van der Waals surface area (Å²) in [5.74, 6) is 1.23. The monoisotopic (exact) mass is 403 g/mol. The molecule has 2 aliphatic heterocycles. The highest BCUT2D eigenvalue weighted by molar-refractivity contribution is 5.58. The predicted molar refractivity (Wildman–Crippen MR) is 114 cm³/mol. The summed E-state index contributed by atoms with van der Waals surface area (Å²) in [5, 5.41) is 12.4. The lowest BCUT2D eigenvalue weighted by Gasteiger charge is -2.51. The number of aromatic nitrogens is 6. The molecule has 0 spiro atoms. The molecule has 3 aromatic heterocycles. The van der Waals surface area contributed by atoms with E-state index < -0.39 is 0 Å². The molecule has 2 bridgehead atoms. The SMILES string of the molecule is C[C@]12CCC[C@](C)(CC(=Cc3ncc(-c4c[nH]c(-n5ccnc5)cc4=O)nn3)C1)N2. The number of imidazole rings is 1. The van der Waals surface area contributed by atoms with Gasteiger partial charge in [-0.3, -0.25) is 9.36 Å². The van der Waals surface area contributed by atoms with Crippen molar-refractivity contribution in [2.24, 2.45) is 0 Å². The minimum atomic E-state index is -0.147. The number of aromatic amines is 1. The molecule has 2 fully saturated rings. The van der Waals surface area contributed by atoms with E-state index in [4.69, 9.17) is 0 Å². The zero-order chi connectivity index (χ0) is 20.8. The fourth-order valence-corrected chi connectivity index (χ4v) is 5.02. The molecule has 0 aromatic carbocycles. The highest BCUT2D eigenvalue weighted by atomic mass is 16.1. The van der Waals surface area contributed by atoms with Crippen LogP contribution >= 0.6 is 0 Å². The molecule has 2 saturated heterocycles. The van der Waals surface area contributed by atoms with Crippen LogP contribution in [0.4, 0.5) is 0 Å². The average molecular weight is 403 g/mol. The van der Waals surface area contributed by atoms with Gasteiger partial charge in [0.25, 0.3) is 0 Å². The molecule has 154 valence electrons. The summed E-state index contributed by atoms with van der Waals surface area (Å²) in [6.07, 6.45) is 16.0. The van der Waals surface area contributed by atoms with Crippen molar-refractivity contribution in [1.82, 2.24) is 35.0 Å². The summed E-state index contributed by atoms with van der Waals surface area (Å²) in [7, 11) is 0. The van der Waals surface area contributed by atoms with Gasteiger partial charge in [-0.2, -0.15) is 0 Å². The van der Waals surface area contributed by atoms with Crippen LogP contribution in [-0.2, 0) is 0 Å². The Hall–Kier alpha value is -3.13. The third-order valence-electron chi connectivity index (χ3n) is 6.16. The van der Waals surface area contributed by atoms with E-state index in [0.29, 0.717) is 22.9 Å². The molecule has 30 heavy (non-hydrogen) atoms. The number of fused-ring (bicyclic) bond motifs is 2. The zero-order valence-electron chi connectivity index (χ0n) is 17.2. The molecular weight excluding hydrogens is 378 g/mol. The Kier molecular flexibility index (Phi) is 4.39. The van der Waals surface area contributed by atoms with Crippen LogP contribution in [0.15, 0.2) is 47.5 Å². The Morgan fingerprint density at radius 1 is 1.17 bits per heavy atom. The van der Waals surface area contributed by atoms with E-state index in [-0.39, 0.29) is 16.5 Å². The summed E-state index contributed by atoms with van der Waals surface area (Å²) < 4.78 is 1.74. The molecule has 5 rings (SSSR count). The van der Waals surface area contributed by atoms with Crippen molar-refractivity contribution in [3.63, 3.8) is 0 Å². The largest absolute Gasteiger partial charge is 0.347 e. The van der Waals surface area contributed by atoms with Crippen molar-refractivity contribution in [3.8, 4) is 17.1 Å². The second kappa shape index (κ2) is 6.98. The molecule has 0 saturated carbocycles. The third kappa shape index (κ3) is 3.59. The molecule has 2 aliphatic rings. The first-order chi connectivity index (χ1) is 14.4. The minimum Gasteiger partial charge on any atom is -0.347 e. The van der Waals surface area contributed by atoms with Gasteiger partial charge in [0.2, 0.25) is 0 Å². The van der Waals surface area contributed by atoms with Gasteiger partial charge in [0, 0.05) is 35.7 Å². The first-order valence-electron chi connectivity index (χ1n) is 10.3. The Balaban J connectivity index is 1.39. The van der Waals surface area contributed by atoms with Crippen LogP contribution in [0.5, 0.6) is 0 Å². The summed E-state index contributed by atoms with van der Waals surface area (Å²) in [6, 6.07) is 1.52. The van der Waals surface area contributed by atoms with Gasteiger partial charge in [0.1, 0.15) is 17.8 Å². The van der Waals surface area contributed by atoms with Gasteiger partial charge in [-0.25, -0.2) is 9.97 Å². The predicted octanol–water partition coefficient (Wildman–Crippen LogP) is 2.88. The third-order valence-corrected chi connectivity index (χ3v) is 6.16. The fourth-order valence-electron chi connectivity index (χ4n) is 5.02. The van der Waals surface area contributed by atoms with Crippen LogP contribution in [0.1, 0.15) is 51.8 Å². The quantitative estimate of drug-likeness (QED) is 0.697. The van der Waals surface area contributed by atoms with Gasteiger partial charge in [-0.05, 0) is 52.0 Å². The lowest BCUT2D eigenvalue weighted by Crippen LogP contribution is -2.61. The number of nitrogens with zero attached hydrogens (tertiary/aromatic N) is 5. The number of hydrogen-bond donors (Lipinski definition) is 2. The van der Waals surface area contributed by atoms with Gasteiger partial charge in [-0.1, -0.05) is 5.57 Å². The van der Waals surface area contributed by atoms with Crippen LogP contribution in [0, 0.1) is 0 Å². The summed E-state index contributed by atoms with van der Waals surface area (Å²) in [6.45, 7) is 4.61. The molecule has 3 aromatic rings. The maximum absolute atomic E-state index is 12.6. The van der Waals surface area contributed by atoms with E-state index in [1.807, 2.05) is 0 Å². The van der Waals surface area contributed by atoms with E-state index in [0.717, 1.165) is 12.8 Å². The van der Waals surface area contributed by atoms with Crippen LogP contribution in [0.2, 0.25) is 0 Å². The maximum Gasteiger partial charge on any atom is 0.193 e. The Morgan fingerprint density at radius 2 is 1.97 bits per heavy atom. The highest BCUT2D eigenvalue weighted by Crippen LogP contribution is 2.42. The molecule has 0 radical (unpaired) electrons. The van der Waals surface area contributed by atoms with E-state index >= 15 is 0 Å². The second-order valence-electron chi connectivity index (χ2n) is 9.02. The maximum atomic E-state index is 12.6. The first-order valence-corrected chi connectivity index (χ1v) is 10.3. The number of piperidine rings is 2. The zero-order valence-corrected chi connectivity index (χ0v) is 17.2. The smallest absolute Gasteiger partial charge is 0.193 e. The number of H-pyrrole nitrogens is 1. The molecule has 5 heterocycles. The Morgan fingerprint density at radius 3 is 2.60 bits per heavy atom. The van der Waals surface area contributed by atoms with Gasteiger partial charge in [-0.15, -0.1) is 10.2 Å². The van der Waals surface area contributed by atoms with Crippen molar-refractivity contribution in [1.29, 1.82) is 0 Å². The summed E-state index contributed by atoms with van der Waals surface area (Å²) in [5.41, 5.74) is 2.40. The molecule has 8 heteroatoms. The van der Waals surface area contributed by atoms with Crippen molar-refractivity contribution in [2.75, 3.05) is 0 Å². The first kappa shape index (κ1) is 18.9. The molecule has 8 nitrogen and oxygen atoms in total. The lowest BCUT2D eigenvalue weighted by molar-refractivity contribution is 0.123. The molecular formula is C22H25N7O. The summed E-state index contributed by atoms with van der Waals surface area (Å²) >= 11 is 0. The summed E-state index contributed by atoms with van der Waals surface area (Å²) in [4.78, 5) is 24.1. The van der Waals surface area contributed by atoms with Crippen LogP contribution < -0.4 is 10.7 Å². The normalized spacial score (nSPS) is 27.3. The van der Waals surface area contributed by atoms with Crippen molar-refractivity contribution in [2.45, 2.75) is 57.0 Å². The number of hydrogen-bond acceptors (Lipinski definition) is 6. The van der Waals surface area contributed by atoms with Crippen LogP contribution in [-0.4, -0.2) is 40.8 Å². The Labute approximate surface area is 174 Å². The standard InChI is InChI=1S/C22H25N7O/c1-21-4-3-5-22(2,28-21)11-15(10-21)8-19-24-13-17(26-27-19)16-12-25-20(9-18(16)30)29-7-6-23-14-29/h6-9,12-14,28H,3-5,10-11H2,1-2H3,(H,25,30)/t21-,22+.